The van der Waals surface area contributed by atoms with E-state index in [0.717, 1.165) is 12.0 Å². The van der Waals surface area contributed by atoms with Crippen molar-refractivity contribution in [2.45, 2.75) is 32.1 Å². The highest BCUT2D eigenvalue weighted by Gasteiger charge is 2.30. The molecule has 1 saturated heterocycles. The van der Waals surface area contributed by atoms with Gasteiger partial charge in [0.2, 0.25) is 0 Å². The molecule has 1 aromatic rings. The van der Waals surface area contributed by atoms with Gasteiger partial charge in [-0.1, -0.05) is 38.1 Å². The van der Waals surface area contributed by atoms with Crippen LogP contribution in [0.5, 0.6) is 0 Å². The number of Topliss-reactive ketones (excluding diaryl/α,β-unsaturated/α-hetero) is 1. The zero-order chi connectivity index (χ0) is 13.8. The smallest absolute Gasteiger partial charge is 0.159 e. The number of ether oxygens (including phenoxy) is 1. The number of nitriles is 1. The summed E-state index contributed by atoms with van der Waals surface area (Å²) in [5, 5.41) is 9.28. The van der Waals surface area contributed by atoms with Gasteiger partial charge in [0, 0.05) is 12.5 Å². The number of benzene rings is 1. The van der Waals surface area contributed by atoms with Crippen molar-refractivity contribution in [1.82, 2.24) is 0 Å². The van der Waals surface area contributed by atoms with Gasteiger partial charge in [-0.25, -0.2) is 0 Å². The molecule has 0 amide bonds. The van der Waals surface area contributed by atoms with E-state index in [1.807, 2.05) is 24.3 Å². The predicted octanol–water partition coefficient (Wildman–Crippen LogP) is 3.02. The molecular formula is C16H19NO2. The molecule has 0 bridgehead atoms. The van der Waals surface area contributed by atoms with Crippen molar-refractivity contribution in [2.75, 3.05) is 13.2 Å². The number of hydrogen-bond donors (Lipinski definition) is 0. The number of rotatable bonds is 4. The quantitative estimate of drug-likeness (QED) is 0.833. The zero-order valence-corrected chi connectivity index (χ0v) is 11.4. The molecular weight excluding hydrogens is 238 g/mol. The van der Waals surface area contributed by atoms with E-state index in [4.69, 9.17) is 4.74 Å². The highest BCUT2D eigenvalue weighted by molar-refractivity contribution is 5.90. The second-order valence-electron chi connectivity index (χ2n) is 5.35. The Labute approximate surface area is 114 Å². The monoisotopic (exact) mass is 257 g/mol. The fourth-order valence-electron chi connectivity index (χ4n) is 2.37. The number of hydrogen-bond acceptors (Lipinski definition) is 3. The van der Waals surface area contributed by atoms with E-state index >= 15 is 0 Å². The molecule has 1 aliphatic rings. The van der Waals surface area contributed by atoms with E-state index in [1.54, 1.807) is 0 Å². The van der Waals surface area contributed by atoms with Gasteiger partial charge in [0.1, 0.15) is 5.92 Å². The Kier molecular flexibility index (Phi) is 4.34. The Balaban J connectivity index is 2.17. The molecule has 1 aromatic carbocycles. The minimum absolute atomic E-state index is 0.00250. The standard InChI is InChI=1S/C16H19NO2/c1-11(2)12-3-5-13(6-4-12)15(9-17)16(18)14-7-8-19-10-14/h3-6,11,14-15H,7-8,10H2,1-2H3. The second kappa shape index (κ2) is 5.99. The summed E-state index contributed by atoms with van der Waals surface area (Å²) < 4.78 is 5.23. The third-order valence-electron chi connectivity index (χ3n) is 3.68. The van der Waals surface area contributed by atoms with Crippen molar-refractivity contribution in [3.05, 3.63) is 35.4 Å². The lowest BCUT2D eigenvalue weighted by atomic mass is 9.87. The van der Waals surface area contributed by atoms with Gasteiger partial charge in [-0.3, -0.25) is 4.79 Å². The minimum atomic E-state index is -0.659. The lowest BCUT2D eigenvalue weighted by molar-refractivity contribution is -0.123. The van der Waals surface area contributed by atoms with Crippen LogP contribution in [0.15, 0.2) is 24.3 Å². The van der Waals surface area contributed by atoms with E-state index in [1.165, 1.54) is 5.56 Å². The first-order valence-corrected chi connectivity index (χ1v) is 6.74. The van der Waals surface area contributed by atoms with Gasteiger partial charge in [0.15, 0.2) is 5.78 Å². The molecule has 19 heavy (non-hydrogen) atoms. The fraction of sp³-hybridized carbons (Fsp3) is 0.500. The highest BCUT2D eigenvalue weighted by atomic mass is 16.5. The molecule has 2 unspecified atom stereocenters. The molecule has 0 aromatic heterocycles. The molecule has 0 aliphatic carbocycles. The topological polar surface area (TPSA) is 50.1 Å². The van der Waals surface area contributed by atoms with Crippen LogP contribution in [0.3, 0.4) is 0 Å². The van der Waals surface area contributed by atoms with Crippen molar-refractivity contribution in [2.24, 2.45) is 5.92 Å². The van der Waals surface area contributed by atoms with Crippen molar-refractivity contribution in [3.8, 4) is 6.07 Å². The molecule has 2 rings (SSSR count). The van der Waals surface area contributed by atoms with E-state index in [9.17, 15) is 10.1 Å². The van der Waals surface area contributed by atoms with Crippen molar-refractivity contribution >= 4 is 5.78 Å². The van der Waals surface area contributed by atoms with E-state index in [-0.39, 0.29) is 11.7 Å². The molecule has 2 atom stereocenters. The van der Waals surface area contributed by atoms with Crippen molar-refractivity contribution < 1.29 is 9.53 Å². The predicted molar refractivity (Wildman–Crippen MR) is 72.8 cm³/mol. The summed E-state index contributed by atoms with van der Waals surface area (Å²) in [6, 6.07) is 9.94. The average Bonchev–Trinajstić information content (AvgIpc) is 2.94. The van der Waals surface area contributed by atoms with Crippen LogP contribution in [0.4, 0.5) is 0 Å². The van der Waals surface area contributed by atoms with Gasteiger partial charge < -0.3 is 4.74 Å². The summed E-state index contributed by atoms with van der Waals surface area (Å²) in [6.45, 7) is 5.33. The molecule has 0 radical (unpaired) electrons. The summed E-state index contributed by atoms with van der Waals surface area (Å²) in [5.74, 6) is -0.326. The summed E-state index contributed by atoms with van der Waals surface area (Å²) in [5.41, 5.74) is 2.01. The molecule has 100 valence electrons. The third-order valence-corrected chi connectivity index (χ3v) is 3.68. The number of nitrogens with zero attached hydrogens (tertiary/aromatic N) is 1. The largest absolute Gasteiger partial charge is 0.381 e. The Morgan fingerprint density at radius 2 is 1.95 bits per heavy atom. The fourth-order valence-corrected chi connectivity index (χ4v) is 2.37. The van der Waals surface area contributed by atoms with Gasteiger partial charge in [-0.05, 0) is 23.5 Å². The van der Waals surface area contributed by atoms with Crippen LogP contribution >= 0.6 is 0 Å². The summed E-state index contributed by atoms with van der Waals surface area (Å²) in [7, 11) is 0. The molecule has 3 heteroatoms. The van der Waals surface area contributed by atoms with Crippen molar-refractivity contribution in [3.63, 3.8) is 0 Å². The second-order valence-corrected chi connectivity index (χ2v) is 5.35. The first-order chi connectivity index (χ1) is 9.13. The van der Waals surface area contributed by atoms with Crippen LogP contribution in [-0.2, 0) is 9.53 Å². The lowest BCUT2D eigenvalue weighted by Gasteiger charge is -2.13. The summed E-state index contributed by atoms with van der Waals surface area (Å²) >= 11 is 0. The van der Waals surface area contributed by atoms with Crippen LogP contribution in [0.1, 0.15) is 43.2 Å². The van der Waals surface area contributed by atoms with Gasteiger partial charge in [-0.15, -0.1) is 0 Å². The van der Waals surface area contributed by atoms with Crippen LogP contribution in [-0.4, -0.2) is 19.0 Å². The number of carbonyl (C=O) groups excluding carboxylic acids is 1. The van der Waals surface area contributed by atoms with Crippen LogP contribution in [0.2, 0.25) is 0 Å². The molecule has 0 N–H and O–H groups in total. The highest BCUT2D eigenvalue weighted by Crippen LogP contribution is 2.26. The first-order valence-electron chi connectivity index (χ1n) is 6.74. The van der Waals surface area contributed by atoms with E-state index in [0.29, 0.717) is 19.1 Å². The summed E-state index contributed by atoms with van der Waals surface area (Å²) in [6.07, 6.45) is 0.737. The molecule has 1 aliphatic heterocycles. The van der Waals surface area contributed by atoms with Gasteiger partial charge >= 0.3 is 0 Å². The maximum absolute atomic E-state index is 12.3. The molecule has 0 saturated carbocycles. The van der Waals surface area contributed by atoms with Gasteiger partial charge in [-0.2, -0.15) is 5.26 Å². The Morgan fingerprint density at radius 3 is 2.42 bits per heavy atom. The molecule has 1 heterocycles. The lowest BCUT2D eigenvalue weighted by Crippen LogP contribution is -2.21. The van der Waals surface area contributed by atoms with Crippen LogP contribution in [0, 0.1) is 17.2 Å². The van der Waals surface area contributed by atoms with E-state index < -0.39 is 5.92 Å². The van der Waals surface area contributed by atoms with E-state index in [2.05, 4.69) is 19.9 Å². The normalized spacial score (nSPS) is 20.2. The Morgan fingerprint density at radius 1 is 1.32 bits per heavy atom. The number of carbonyl (C=O) groups is 1. The number of ketones is 1. The zero-order valence-electron chi connectivity index (χ0n) is 11.4. The molecule has 1 fully saturated rings. The van der Waals surface area contributed by atoms with Crippen LogP contribution in [0.25, 0.3) is 0 Å². The SMILES string of the molecule is CC(C)c1ccc(C(C#N)C(=O)C2CCOC2)cc1. The first kappa shape index (κ1) is 13.8. The maximum Gasteiger partial charge on any atom is 0.159 e. The van der Waals surface area contributed by atoms with Crippen molar-refractivity contribution in [1.29, 1.82) is 5.26 Å². The van der Waals surface area contributed by atoms with Gasteiger partial charge in [0.25, 0.3) is 0 Å². The Bertz CT molecular complexity index is 478. The average molecular weight is 257 g/mol. The summed E-state index contributed by atoms with van der Waals surface area (Å²) in [4.78, 5) is 12.3. The van der Waals surface area contributed by atoms with Gasteiger partial charge in [0.05, 0.1) is 12.7 Å². The molecule has 0 spiro atoms. The minimum Gasteiger partial charge on any atom is -0.381 e. The van der Waals surface area contributed by atoms with Crippen LogP contribution < -0.4 is 0 Å². The molecule has 3 nitrogen and oxygen atoms in total. The maximum atomic E-state index is 12.3. The third kappa shape index (κ3) is 3.02. The Hall–Kier alpha value is -1.66.